The molecular formula is C8H7ClN6O2S. The Bertz CT molecular complexity index is 663. The molecular weight excluding hydrogens is 280 g/mol. The van der Waals surface area contributed by atoms with E-state index in [1.807, 2.05) is 0 Å². The number of aromatic nitrogens is 4. The first kappa shape index (κ1) is 12.5. The predicted molar refractivity (Wildman–Crippen MR) is 64.3 cm³/mol. The van der Waals surface area contributed by atoms with Crippen LogP contribution in [0.4, 0.5) is 11.8 Å². The zero-order chi connectivity index (χ0) is 13.2. The lowest BCUT2D eigenvalue weighted by molar-refractivity contribution is 0.600. The van der Waals surface area contributed by atoms with Crippen molar-refractivity contribution in [2.75, 3.05) is 10.5 Å². The molecule has 0 spiro atoms. The van der Waals surface area contributed by atoms with E-state index in [2.05, 4.69) is 24.9 Å². The molecule has 0 fully saturated rings. The predicted octanol–water partition coefficient (Wildman–Crippen LogP) is 0.303. The molecule has 0 atom stereocenters. The molecule has 0 unspecified atom stereocenters. The van der Waals surface area contributed by atoms with Gasteiger partial charge in [0.25, 0.3) is 16.0 Å². The Morgan fingerprint density at radius 1 is 1.28 bits per heavy atom. The van der Waals surface area contributed by atoms with Crippen molar-refractivity contribution in [3.63, 3.8) is 0 Å². The Balaban J connectivity index is 2.34. The van der Waals surface area contributed by atoms with Crippen LogP contribution in [0.3, 0.4) is 0 Å². The maximum absolute atomic E-state index is 11.9. The van der Waals surface area contributed by atoms with E-state index in [4.69, 9.17) is 17.3 Å². The van der Waals surface area contributed by atoms with E-state index >= 15 is 0 Å². The van der Waals surface area contributed by atoms with E-state index in [1.54, 1.807) is 0 Å². The minimum absolute atomic E-state index is 0.0463. The highest BCUT2D eigenvalue weighted by molar-refractivity contribution is 7.92. The molecule has 2 aromatic rings. The van der Waals surface area contributed by atoms with E-state index < -0.39 is 10.0 Å². The number of anilines is 2. The van der Waals surface area contributed by atoms with Crippen LogP contribution in [0, 0.1) is 0 Å². The largest absolute Gasteiger partial charge is 0.382 e. The Hall–Kier alpha value is -2.00. The second-order valence-corrected chi connectivity index (χ2v) is 5.20. The molecule has 0 radical (unpaired) electrons. The quantitative estimate of drug-likeness (QED) is 0.831. The van der Waals surface area contributed by atoms with Gasteiger partial charge in [0.15, 0.2) is 0 Å². The minimum Gasteiger partial charge on any atom is -0.382 e. The van der Waals surface area contributed by atoms with Gasteiger partial charge in [-0.15, -0.1) is 5.10 Å². The van der Waals surface area contributed by atoms with Crippen LogP contribution in [-0.2, 0) is 10.0 Å². The first-order valence-corrected chi connectivity index (χ1v) is 6.43. The Labute approximate surface area is 107 Å². The average molecular weight is 287 g/mol. The third-order valence-corrected chi connectivity index (χ3v) is 3.46. The van der Waals surface area contributed by atoms with Gasteiger partial charge in [-0.05, 0) is 6.07 Å². The van der Waals surface area contributed by atoms with Crippen molar-refractivity contribution >= 4 is 33.4 Å². The zero-order valence-corrected chi connectivity index (χ0v) is 10.4. The number of nitrogens with two attached hydrogens (primary N) is 1. The maximum Gasteiger partial charge on any atom is 0.265 e. The third-order valence-electron chi connectivity index (χ3n) is 1.86. The van der Waals surface area contributed by atoms with Gasteiger partial charge in [-0.1, -0.05) is 11.6 Å². The minimum atomic E-state index is -3.87. The van der Waals surface area contributed by atoms with Gasteiger partial charge in [0, 0.05) is 6.20 Å². The summed E-state index contributed by atoms with van der Waals surface area (Å²) in [6.07, 6.45) is 3.71. The molecule has 2 rings (SSSR count). The summed E-state index contributed by atoms with van der Waals surface area (Å²) < 4.78 is 25.9. The fourth-order valence-corrected chi connectivity index (χ4v) is 2.20. The number of hydrogen-bond acceptors (Lipinski definition) is 7. The van der Waals surface area contributed by atoms with E-state index in [1.165, 1.54) is 18.5 Å². The summed E-state index contributed by atoms with van der Waals surface area (Å²) >= 11 is 5.70. The van der Waals surface area contributed by atoms with Gasteiger partial charge < -0.3 is 5.73 Å². The highest BCUT2D eigenvalue weighted by Gasteiger charge is 2.17. The number of sulfonamides is 1. The van der Waals surface area contributed by atoms with Gasteiger partial charge in [0.1, 0.15) is 10.7 Å². The zero-order valence-electron chi connectivity index (χ0n) is 8.78. The molecule has 8 nitrogen and oxygen atoms in total. The van der Waals surface area contributed by atoms with Gasteiger partial charge in [0.05, 0.1) is 17.4 Å². The maximum atomic E-state index is 11.9. The summed E-state index contributed by atoms with van der Waals surface area (Å²) in [4.78, 5) is 7.20. The molecule has 0 amide bonds. The molecule has 0 saturated carbocycles. The molecule has 0 saturated heterocycles. The summed E-state index contributed by atoms with van der Waals surface area (Å²) in [5.41, 5.74) is 5.39. The Kier molecular flexibility index (Phi) is 3.26. The van der Waals surface area contributed by atoms with Gasteiger partial charge >= 0.3 is 0 Å². The second-order valence-electron chi connectivity index (χ2n) is 3.11. The molecule has 10 heteroatoms. The van der Waals surface area contributed by atoms with Crippen LogP contribution in [-0.4, -0.2) is 28.6 Å². The molecule has 2 aromatic heterocycles. The Morgan fingerprint density at radius 3 is 2.67 bits per heavy atom. The number of nitrogens with one attached hydrogen (secondary N) is 1. The normalized spacial score (nSPS) is 11.2. The van der Waals surface area contributed by atoms with Crippen LogP contribution in [0.2, 0.25) is 5.02 Å². The first-order chi connectivity index (χ1) is 8.49. The molecule has 3 N–H and O–H groups in total. The van der Waals surface area contributed by atoms with Crippen molar-refractivity contribution in [1.29, 1.82) is 0 Å². The van der Waals surface area contributed by atoms with Crippen LogP contribution in [0.25, 0.3) is 0 Å². The highest BCUT2D eigenvalue weighted by atomic mass is 35.5. The number of rotatable bonds is 3. The third kappa shape index (κ3) is 2.63. The summed E-state index contributed by atoms with van der Waals surface area (Å²) in [6, 6.07) is 1.18. The van der Waals surface area contributed by atoms with Gasteiger partial charge in [-0.3, -0.25) is 0 Å². The van der Waals surface area contributed by atoms with Crippen molar-refractivity contribution in [1.82, 2.24) is 20.2 Å². The highest BCUT2D eigenvalue weighted by Crippen LogP contribution is 2.20. The van der Waals surface area contributed by atoms with Crippen LogP contribution in [0.15, 0.2) is 29.6 Å². The SMILES string of the molecule is Nc1ncc(S(=O)(=O)Nc2nccnn2)cc1Cl. The summed E-state index contributed by atoms with van der Waals surface area (Å²) in [5.74, 6) is -0.0984. The molecule has 0 aliphatic rings. The second kappa shape index (κ2) is 4.70. The van der Waals surface area contributed by atoms with Crippen molar-refractivity contribution in [2.24, 2.45) is 0 Å². The molecule has 0 bridgehead atoms. The molecule has 0 aliphatic carbocycles. The van der Waals surface area contributed by atoms with Crippen molar-refractivity contribution < 1.29 is 8.42 Å². The summed E-state index contributed by atoms with van der Waals surface area (Å²) in [7, 11) is -3.87. The monoisotopic (exact) mass is 286 g/mol. The smallest absolute Gasteiger partial charge is 0.265 e. The van der Waals surface area contributed by atoms with E-state index in [0.29, 0.717) is 0 Å². The van der Waals surface area contributed by atoms with Crippen molar-refractivity contribution in [3.8, 4) is 0 Å². The van der Waals surface area contributed by atoms with Crippen molar-refractivity contribution in [2.45, 2.75) is 4.90 Å². The van der Waals surface area contributed by atoms with E-state index in [9.17, 15) is 8.42 Å². The lowest BCUT2D eigenvalue weighted by Crippen LogP contribution is -2.15. The van der Waals surface area contributed by atoms with Gasteiger partial charge in [0.2, 0.25) is 0 Å². The van der Waals surface area contributed by atoms with E-state index in [-0.39, 0.29) is 21.7 Å². The number of halogens is 1. The van der Waals surface area contributed by atoms with Crippen LogP contribution in [0.5, 0.6) is 0 Å². The summed E-state index contributed by atoms with van der Waals surface area (Å²) in [6.45, 7) is 0. The molecule has 94 valence electrons. The van der Waals surface area contributed by atoms with Crippen molar-refractivity contribution in [3.05, 3.63) is 29.7 Å². The van der Waals surface area contributed by atoms with Crippen LogP contribution >= 0.6 is 11.6 Å². The lowest BCUT2D eigenvalue weighted by atomic mass is 10.5. The summed E-state index contributed by atoms with van der Waals surface area (Å²) in [5, 5.41) is 7.04. The number of hydrogen-bond donors (Lipinski definition) is 2. The lowest BCUT2D eigenvalue weighted by Gasteiger charge is -2.06. The fraction of sp³-hybridized carbons (Fsp3) is 0. The van der Waals surface area contributed by atoms with E-state index in [0.717, 1.165) is 6.20 Å². The number of pyridine rings is 1. The standard InChI is InChI=1S/C8H7ClN6O2S/c9-6-3-5(4-12-7(6)10)18(16,17)15-8-11-1-2-13-14-8/h1-4H,(H2,10,12)(H,11,14,15). The molecule has 2 heterocycles. The van der Waals surface area contributed by atoms with Gasteiger partial charge in [-0.2, -0.15) is 5.10 Å². The fourth-order valence-electron chi connectivity index (χ4n) is 1.05. The Morgan fingerprint density at radius 2 is 2.06 bits per heavy atom. The first-order valence-electron chi connectivity index (χ1n) is 4.56. The number of nitrogen functional groups attached to an aromatic ring is 1. The van der Waals surface area contributed by atoms with Crippen LogP contribution < -0.4 is 10.5 Å². The van der Waals surface area contributed by atoms with Crippen LogP contribution in [0.1, 0.15) is 0 Å². The average Bonchev–Trinajstić information content (AvgIpc) is 2.33. The molecule has 18 heavy (non-hydrogen) atoms. The number of nitrogens with zero attached hydrogens (tertiary/aromatic N) is 4. The van der Waals surface area contributed by atoms with Gasteiger partial charge in [-0.25, -0.2) is 23.1 Å². The molecule has 0 aliphatic heterocycles. The molecule has 0 aromatic carbocycles. The topological polar surface area (TPSA) is 124 Å².